The second-order valence-electron chi connectivity index (χ2n) is 4.58. The van der Waals surface area contributed by atoms with Gasteiger partial charge >= 0.3 is 0 Å². The van der Waals surface area contributed by atoms with Crippen LogP contribution in [0.15, 0.2) is 6.07 Å². The number of nitrogens with zero attached hydrogens (tertiary/aromatic N) is 2. The molecular weight excluding hydrogens is 230 g/mol. The van der Waals surface area contributed by atoms with E-state index in [4.69, 9.17) is 9.47 Å². The summed E-state index contributed by atoms with van der Waals surface area (Å²) >= 11 is 0. The highest BCUT2D eigenvalue weighted by molar-refractivity contribution is 5.30. The minimum absolute atomic E-state index is 0.387. The van der Waals surface area contributed by atoms with Crippen molar-refractivity contribution in [3.63, 3.8) is 0 Å². The third-order valence-corrected chi connectivity index (χ3v) is 3.06. The first-order valence-electron chi connectivity index (χ1n) is 6.53. The van der Waals surface area contributed by atoms with E-state index in [0.29, 0.717) is 17.9 Å². The molecule has 0 bridgehead atoms. The number of aryl methyl sites for hydroxylation is 1. The molecule has 1 N–H and O–H groups in total. The standard InChI is InChI=1S/C13H21N3O2/c1-10-9-12(17-2)16-13(15-10)14-7-6-11-5-3-4-8-18-11/h9,11H,3-8H2,1-2H3,(H,14,15,16). The van der Waals surface area contributed by atoms with Crippen LogP contribution in [-0.2, 0) is 4.74 Å². The number of hydrogen-bond acceptors (Lipinski definition) is 5. The highest BCUT2D eigenvalue weighted by atomic mass is 16.5. The number of anilines is 1. The molecule has 2 heterocycles. The number of nitrogens with one attached hydrogen (secondary N) is 1. The average molecular weight is 251 g/mol. The van der Waals surface area contributed by atoms with Gasteiger partial charge in [0.1, 0.15) is 0 Å². The minimum Gasteiger partial charge on any atom is -0.481 e. The van der Waals surface area contributed by atoms with E-state index in [0.717, 1.165) is 25.3 Å². The zero-order valence-electron chi connectivity index (χ0n) is 11.1. The summed E-state index contributed by atoms with van der Waals surface area (Å²) in [6, 6.07) is 1.81. The van der Waals surface area contributed by atoms with E-state index in [1.54, 1.807) is 7.11 Å². The predicted octanol–water partition coefficient (Wildman–Crippen LogP) is 2.16. The fourth-order valence-electron chi connectivity index (χ4n) is 2.10. The summed E-state index contributed by atoms with van der Waals surface area (Å²) < 4.78 is 10.8. The summed E-state index contributed by atoms with van der Waals surface area (Å²) in [5.74, 6) is 1.22. The lowest BCUT2D eigenvalue weighted by molar-refractivity contribution is 0.0134. The van der Waals surface area contributed by atoms with Crippen molar-refractivity contribution in [1.29, 1.82) is 0 Å². The molecule has 5 heteroatoms. The molecule has 0 saturated carbocycles. The third-order valence-electron chi connectivity index (χ3n) is 3.06. The molecule has 1 saturated heterocycles. The van der Waals surface area contributed by atoms with Gasteiger partial charge in [0.15, 0.2) is 0 Å². The molecule has 100 valence electrons. The molecule has 1 fully saturated rings. The molecule has 0 aliphatic carbocycles. The summed E-state index contributed by atoms with van der Waals surface area (Å²) in [4.78, 5) is 8.57. The molecule has 0 amide bonds. The third kappa shape index (κ3) is 3.84. The van der Waals surface area contributed by atoms with E-state index in [1.165, 1.54) is 19.3 Å². The van der Waals surface area contributed by atoms with E-state index >= 15 is 0 Å². The van der Waals surface area contributed by atoms with Crippen LogP contribution in [0.4, 0.5) is 5.95 Å². The molecule has 0 radical (unpaired) electrons. The van der Waals surface area contributed by atoms with Crippen LogP contribution in [0.1, 0.15) is 31.4 Å². The molecule has 0 aromatic carbocycles. The van der Waals surface area contributed by atoms with Crippen LogP contribution in [0.5, 0.6) is 5.88 Å². The Hall–Kier alpha value is -1.36. The molecule has 1 unspecified atom stereocenters. The van der Waals surface area contributed by atoms with Crippen molar-refractivity contribution >= 4 is 5.95 Å². The lowest BCUT2D eigenvalue weighted by atomic mass is 10.1. The van der Waals surface area contributed by atoms with Gasteiger partial charge in [-0.15, -0.1) is 0 Å². The molecule has 1 aromatic heterocycles. The van der Waals surface area contributed by atoms with Crippen LogP contribution in [0.3, 0.4) is 0 Å². The number of ether oxygens (including phenoxy) is 2. The molecule has 18 heavy (non-hydrogen) atoms. The van der Waals surface area contributed by atoms with Gasteiger partial charge in [-0.2, -0.15) is 4.98 Å². The zero-order chi connectivity index (χ0) is 12.8. The minimum atomic E-state index is 0.387. The Morgan fingerprint density at radius 1 is 1.44 bits per heavy atom. The number of methoxy groups -OCH3 is 1. The SMILES string of the molecule is COc1cc(C)nc(NCCC2CCCCO2)n1. The summed E-state index contributed by atoms with van der Waals surface area (Å²) in [5, 5.41) is 3.23. The second-order valence-corrected chi connectivity index (χ2v) is 4.58. The largest absolute Gasteiger partial charge is 0.481 e. The maximum absolute atomic E-state index is 5.68. The lowest BCUT2D eigenvalue weighted by Gasteiger charge is -2.22. The van der Waals surface area contributed by atoms with Crippen molar-refractivity contribution in [3.05, 3.63) is 11.8 Å². The van der Waals surface area contributed by atoms with Crippen molar-refractivity contribution in [3.8, 4) is 5.88 Å². The highest BCUT2D eigenvalue weighted by Gasteiger charge is 2.13. The molecule has 1 aromatic rings. The molecule has 0 spiro atoms. The van der Waals surface area contributed by atoms with E-state index in [9.17, 15) is 0 Å². The molecule has 2 rings (SSSR count). The van der Waals surface area contributed by atoms with Crippen molar-refractivity contribution in [1.82, 2.24) is 9.97 Å². The van der Waals surface area contributed by atoms with E-state index < -0.39 is 0 Å². The lowest BCUT2D eigenvalue weighted by Crippen LogP contribution is -2.22. The Bertz CT molecular complexity index is 378. The predicted molar refractivity (Wildman–Crippen MR) is 70.0 cm³/mol. The molecule has 1 aliphatic heterocycles. The quantitative estimate of drug-likeness (QED) is 0.869. The summed E-state index contributed by atoms with van der Waals surface area (Å²) in [6.45, 7) is 3.66. The average Bonchev–Trinajstić information content (AvgIpc) is 2.39. The smallest absolute Gasteiger partial charge is 0.226 e. The fourth-order valence-corrected chi connectivity index (χ4v) is 2.10. The first-order valence-corrected chi connectivity index (χ1v) is 6.53. The van der Waals surface area contributed by atoms with Crippen molar-refractivity contribution in [2.45, 2.75) is 38.7 Å². The second kappa shape index (κ2) is 6.54. The van der Waals surface area contributed by atoms with Gasteiger partial charge in [0.25, 0.3) is 0 Å². The number of rotatable bonds is 5. The van der Waals surface area contributed by atoms with Gasteiger partial charge in [-0.3, -0.25) is 0 Å². The van der Waals surface area contributed by atoms with Gasteiger partial charge in [0.05, 0.1) is 13.2 Å². The fraction of sp³-hybridized carbons (Fsp3) is 0.692. The van der Waals surface area contributed by atoms with E-state index in [2.05, 4.69) is 15.3 Å². The summed E-state index contributed by atoms with van der Waals surface area (Å²) in [7, 11) is 1.61. The maximum atomic E-state index is 5.68. The van der Waals surface area contributed by atoms with Gasteiger partial charge < -0.3 is 14.8 Å². The molecule has 1 aliphatic rings. The first kappa shape index (κ1) is 13.1. The van der Waals surface area contributed by atoms with Crippen molar-refractivity contribution in [2.24, 2.45) is 0 Å². The van der Waals surface area contributed by atoms with Crippen LogP contribution in [0, 0.1) is 6.92 Å². The number of aromatic nitrogens is 2. The van der Waals surface area contributed by atoms with Gasteiger partial charge in [-0.05, 0) is 32.6 Å². The van der Waals surface area contributed by atoms with Gasteiger partial charge in [-0.1, -0.05) is 0 Å². The van der Waals surface area contributed by atoms with Crippen LogP contribution < -0.4 is 10.1 Å². The van der Waals surface area contributed by atoms with Crippen LogP contribution in [0.25, 0.3) is 0 Å². The van der Waals surface area contributed by atoms with Crippen molar-refractivity contribution in [2.75, 3.05) is 25.6 Å². The van der Waals surface area contributed by atoms with Crippen LogP contribution >= 0.6 is 0 Å². The summed E-state index contributed by atoms with van der Waals surface area (Å²) in [6.07, 6.45) is 5.03. The zero-order valence-corrected chi connectivity index (χ0v) is 11.1. The Morgan fingerprint density at radius 2 is 2.33 bits per heavy atom. The van der Waals surface area contributed by atoms with Gasteiger partial charge in [0.2, 0.25) is 11.8 Å². The molecule has 1 atom stereocenters. The Kier molecular flexibility index (Phi) is 4.75. The van der Waals surface area contributed by atoms with Crippen molar-refractivity contribution < 1.29 is 9.47 Å². The molecule has 5 nitrogen and oxygen atoms in total. The molecular formula is C13H21N3O2. The number of hydrogen-bond donors (Lipinski definition) is 1. The normalized spacial score (nSPS) is 19.6. The van der Waals surface area contributed by atoms with Gasteiger partial charge in [0, 0.05) is 24.9 Å². The van der Waals surface area contributed by atoms with Crippen LogP contribution in [0.2, 0.25) is 0 Å². The highest BCUT2D eigenvalue weighted by Crippen LogP contribution is 2.16. The monoisotopic (exact) mass is 251 g/mol. The van der Waals surface area contributed by atoms with E-state index in [-0.39, 0.29) is 0 Å². The topological polar surface area (TPSA) is 56.3 Å². The van der Waals surface area contributed by atoms with Crippen LogP contribution in [-0.4, -0.2) is 36.3 Å². The Balaban J connectivity index is 1.80. The van der Waals surface area contributed by atoms with E-state index in [1.807, 2.05) is 13.0 Å². The van der Waals surface area contributed by atoms with Gasteiger partial charge in [-0.25, -0.2) is 4.98 Å². The first-order chi connectivity index (χ1) is 8.78. The summed E-state index contributed by atoms with van der Waals surface area (Å²) in [5.41, 5.74) is 0.901. The Morgan fingerprint density at radius 3 is 3.06 bits per heavy atom. The maximum Gasteiger partial charge on any atom is 0.226 e. The Labute approximate surface area is 108 Å².